The van der Waals surface area contributed by atoms with Gasteiger partial charge in [0.1, 0.15) is 5.52 Å². The first-order valence-electron chi connectivity index (χ1n) is 4.38. The summed E-state index contributed by atoms with van der Waals surface area (Å²) in [6, 6.07) is 2.85. The van der Waals surface area contributed by atoms with Gasteiger partial charge in [-0.1, -0.05) is 6.92 Å². The van der Waals surface area contributed by atoms with Crippen molar-refractivity contribution in [3.05, 3.63) is 29.8 Å². The van der Waals surface area contributed by atoms with Crippen molar-refractivity contribution in [2.24, 2.45) is 0 Å². The maximum atomic E-state index is 13.3. The molecule has 1 aromatic carbocycles. The molecule has 0 saturated heterocycles. The Balaban J connectivity index is 2.64. The van der Waals surface area contributed by atoms with Crippen molar-refractivity contribution in [2.75, 3.05) is 0 Å². The van der Waals surface area contributed by atoms with Crippen LogP contribution in [0.4, 0.5) is 4.39 Å². The Morgan fingerprint density at radius 1 is 1.57 bits per heavy atom. The molecule has 0 unspecified atom stereocenters. The van der Waals surface area contributed by atoms with E-state index < -0.39 is 5.82 Å². The van der Waals surface area contributed by atoms with Crippen molar-refractivity contribution in [3.63, 3.8) is 0 Å². The van der Waals surface area contributed by atoms with Gasteiger partial charge in [-0.25, -0.2) is 9.37 Å². The van der Waals surface area contributed by atoms with Crippen LogP contribution in [0.25, 0.3) is 11.0 Å². The number of nitrogens with zero attached hydrogens (tertiary/aromatic N) is 1. The molecular formula is C10H9FN2O. The first kappa shape index (κ1) is 8.87. The average molecular weight is 192 g/mol. The minimum Gasteiger partial charge on any atom is -0.344 e. The molecule has 0 radical (unpaired) electrons. The van der Waals surface area contributed by atoms with Crippen molar-refractivity contribution < 1.29 is 9.18 Å². The molecule has 0 bridgehead atoms. The molecule has 14 heavy (non-hydrogen) atoms. The van der Waals surface area contributed by atoms with Crippen molar-refractivity contribution in [1.29, 1.82) is 0 Å². The second-order valence-corrected chi connectivity index (χ2v) is 3.03. The van der Waals surface area contributed by atoms with Gasteiger partial charge in [-0.2, -0.15) is 0 Å². The van der Waals surface area contributed by atoms with Crippen LogP contribution in [-0.4, -0.2) is 15.8 Å². The predicted octanol–water partition coefficient (Wildman–Crippen LogP) is 2.29. The summed E-state index contributed by atoms with van der Waals surface area (Å²) in [7, 11) is 0. The largest absolute Gasteiger partial charge is 0.344 e. The van der Waals surface area contributed by atoms with Gasteiger partial charge in [0.25, 0.3) is 0 Å². The summed E-state index contributed by atoms with van der Waals surface area (Å²) in [5.74, 6) is -0.527. The highest BCUT2D eigenvalue weighted by atomic mass is 19.1. The molecule has 0 spiro atoms. The van der Waals surface area contributed by atoms with Gasteiger partial charge >= 0.3 is 0 Å². The summed E-state index contributed by atoms with van der Waals surface area (Å²) < 4.78 is 13.3. The lowest BCUT2D eigenvalue weighted by Gasteiger charge is -1.98. The monoisotopic (exact) mass is 192 g/mol. The highest BCUT2D eigenvalue weighted by molar-refractivity contribution is 5.98. The molecule has 2 rings (SSSR count). The molecule has 0 aliphatic heterocycles. The van der Waals surface area contributed by atoms with E-state index in [1.54, 1.807) is 13.0 Å². The molecule has 0 aliphatic carbocycles. The zero-order chi connectivity index (χ0) is 10.1. The fourth-order valence-electron chi connectivity index (χ4n) is 1.37. The Morgan fingerprint density at radius 2 is 2.36 bits per heavy atom. The number of carbonyl (C=O) groups excluding carboxylic acids is 1. The third kappa shape index (κ3) is 1.28. The maximum Gasteiger partial charge on any atom is 0.162 e. The van der Waals surface area contributed by atoms with E-state index in [0.717, 1.165) is 0 Å². The number of fused-ring (bicyclic) bond motifs is 1. The van der Waals surface area contributed by atoms with Crippen LogP contribution in [0.2, 0.25) is 0 Å². The van der Waals surface area contributed by atoms with E-state index in [4.69, 9.17) is 0 Å². The van der Waals surface area contributed by atoms with E-state index in [2.05, 4.69) is 9.97 Å². The van der Waals surface area contributed by atoms with Crippen LogP contribution in [0.5, 0.6) is 0 Å². The molecule has 2 aromatic rings. The van der Waals surface area contributed by atoms with E-state index in [-0.39, 0.29) is 11.3 Å². The number of Topliss-reactive ketones (excluding diaryl/α,β-unsaturated/α-hetero) is 1. The number of halogens is 1. The SMILES string of the molecule is CCC(=O)c1cc(F)c2nc[nH]c2c1. The van der Waals surface area contributed by atoms with Crippen LogP contribution < -0.4 is 0 Å². The molecule has 3 nitrogen and oxygen atoms in total. The molecule has 1 aromatic heterocycles. The Labute approximate surface area is 80.0 Å². The molecule has 4 heteroatoms. The summed E-state index contributed by atoms with van der Waals surface area (Å²) in [6.07, 6.45) is 1.78. The van der Waals surface area contributed by atoms with Gasteiger partial charge in [-0.3, -0.25) is 4.79 Å². The van der Waals surface area contributed by atoms with Gasteiger partial charge in [-0.15, -0.1) is 0 Å². The Kier molecular flexibility index (Phi) is 2.04. The highest BCUT2D eigenvalue weighted by Gasteiger charge is 2.09. The fraction of sp³-hybridized carbons (Fsp3) is 0.200. The minimum atomic E-state index is -0.458. The zero-order valence-corrected chi connectivity index (χ0v) is 7.67. The Morgan fingerprint density at radius 3 is 3.07 bits per heavy atom. The van der Waals surface area contributed by atoms with Crippen molar-refractivity contribution in [3.8, 4) is 0 Å². The van der Waals surface area contributed by atoms with Crippen LogP contribution in [0.1, 0.15) is 23.7 Å². The summed E-state index contributed by atoms with van der Waals surface area (Å²) >= 11 is 0. The molecular weight excluding hydrogens is 183 g/mol. The van der Waals surface area contributed by atoms with Crippen molar-refractivity contribution in [1.82, 2.24) is 9.97 Å². The van der Waals surface area contributed by atoms with E-state index >= 15 is 0 Å². The normalized spacial score (nSPS) is 10.7. The summed E-state index contributed by atoms with van der Waals surface area (Å²) in [5, 5.41) is 0. The zero-order valence-electron chi connectivity index (χ0n) is 7.67. The topological polar surface area (TPSA) is 45.8 Å². The standard InChI is InChI=1S/C10H9FN2O/c1-2-9(14)6-3-7(11)10-8(4-6)12-5-13-10/h3-5H,2H2,1H3,(H,12,13). The van der Waals surface area contributed by atoms with E-state index in [1.165, 1.54) is 12.4 Å². The molecule has 0 fully saturated rings. The first-order valence-corrected chi connectivity index (χ1v) is 4.38. The van der Waals surface area contributed by atoms with Crippen molar-refractivity contribution in [2.45, 2.75) is 13.3 Å². The number of ketones is 1. The van der Waals surface area contributed by atoms with Crippen LogP contribution in [0.3, 0.4) is 0 Å². The number of rotatable bonds is 2. The number of carbonyl (C=O) groups is 1. The number of aromatic nitrogens is 2. The second kappa shape index (κ2) is 3.21. The molecule has 0 aliphatic rings. The van der Waals surface area contributed by atoms with Gasteiger partial charge in [0, 0.05) is 12.0 Å². The lowest BCUT2D eigenvalue weighted by Crippen LogP contribution is -1.97. The molecule has 0 saturated carbocycles. The van der Waals surface area contributed by atoms with Crippen LogP contribution in [0, 0.1) is 5.82 Å². The Bertz CT molecular complexity index is 490. The van der Waals surface area contributed by atoms with Gasteiger partial charge in [0.15, 0.2) is 11.6 Å². The highest BCUT2D eigenvalue weighted by Crippen LogP contribution is 2.17. The Hall–Kier alpha value is -1.71. The molecule has 0 amide bonds. The summed E-state index contributed by atoms with van der Waals surface area (Å²) in [4.78, 5) is 17.9. The van der Waals surface area contributed by atoms with Gasteiger partial charge in [-0.05, 0) is 12.1 Å². The quantitative estimate of drug-likeness (QED) is 0.742. The van der Waals surface area contributed by atoms with Crippen molar-refractivity contribution >= 4 is 16.8 Å². The van der Waals surface area contributed by atoms with Crippen LogP contribution in [-0.2, 0) is 0 Å². The molecule has 72 valence electrons. The number of benzene rings is 1. The third-order valence-corrected chi connectivity index (χ3v) is 2.12. The minimum absolute atomic E-state index is 0.0691. The van der Waals surface area contributed by atoms with E-state index in [0.29, 0.717) is 17.5 Å². The maximum absolute atomic E-state index is 13.3. The third-order valence-electron chi connectivity index (χ3n) is 2.12. The van der Waals surface area contributed by atoms with Crippen LogP contribution >= 0.6 is 0 Å². The van der Waals surface area contributed by atoms with Gasteiger partial charge in [0.2, 0.25) is 0 Å². The van der Waals surface area contributed by atoms with E-state index in [1.807, 2.05) is 0 Å². The van der Waals surface area contributed by atoms with E-state index in [9.17, 15) is 9.18 Å². The average Bonchev–Trinajstić information content (AvgIpc) is 2.64. The second-order valence-electron chi connectivity index (χ2n) is 3.03. The lowest BCUT2D eigenvalue weighted by molar-refractivity contribution is 0.0988. The molecule has 1 N–H and O–H groups in total. The predicted molar refractivity (Wildman–Crippen MR) is 50.7 cm³/mol. The molecule has 0 atom stereocenters. The number of H-pyrrole nitrogens is 1. The number of aromatic amines is 1. The molecule has 1 heterocycles. The van der Waals surface area contributed by atoms with Gasteiger partial charge in [0.05, 0.1) is 11.8 Å². The number of hydrogen-bond acceptors (Lipinski definition) is 2. The summed E-state index contributed by atoms with van der Waals surface area (Å²) in [5.41, 5.74) is 1.22. The smallest absolute Gasteiger partial charge is 0.162 e. The number of hydrogen-bond donors (Lipinski definition) is 1. The first-order chi connectivity index (χ1) is 6.72. The summed E-state index contributed by atoms with van der Waals surface area (Å²) in [6.45, 7) is 1.75. The number of nitrogens with one attached hydrogen (secondary N) is 1. The van der Waals surface area contributed by atoms with Gasteiger partial charge < -0.3 is 4.98 Å². The van der Waals surface area contributed by atoms with Crippen LogP contribution in [0.15, 0.2) is 18.5 Å². The number of imidazole rings is 1. The lowest BCUT2D eigenvalue weighted by atomic mass is 10.1. The fourth-order valence-corrected chi connectivity index (χ4v) is 1.37.